The van der Waals surface area contributed by atoms with E-state index in [-0.39, 0.29) is 12.4 Å². The van der Waals surface area contributed by atoms with Crippen LogP contribution < -0.4 is 5.32 Å². The first-order valence-corrected chi connectivity index (χ1v) is 6.71. The van der Waals surface area contributed by atoms with Crippen molar-refractivity contribution in [3.63, 3.8) is 0 Å². The molecule has 6 heteroatoms. The average molecular weight is 335 g/mol. The summed E-state index contributed by atoms with van der Waals surface area (Å²) in [7, 11) is 1.77. The van der Waals surface area contributed by atoms with Crippen LogP contribution in [0.15, 0.2) is 38.7 Å². The molecule has 1 N–H and O–H groups in total. The van der Waals surface area contributed by atoms with E-state index in [0.717, 1.165) is 27.8 Å². The highest BCUT2D eigenvalue weighted by atomic mass is 79.9. The number of amidine groups is 2. The Labute approximate surface area is 120 Å². The lowest BCUT2D eigenvalue weighted by atomic mass is 10.2. The molecule has 0 aliphatic carbocycles. The third-order valence-electron chi connectivity index (χ3n) is 2.18. The summed E-state index contributed by atoms with van der Waals surface area (Å²) in [6.07, 6.45) is 0. The molecule has 0 fully saturated rings. The van der Waals surface area contributed by atoms with Gasteiger partial charge in [0.15, 0.2) is 5.17 Å². The summed E-state index contributed by atoms with van der Waals surface area (Å²) in [4.78, 5) is 8.41. The van der Waals surface area contributed by atoms with Gasteiger partial charge in [-0.05, 0) is 17.7 Å². The molecular formula is C11H13BrClN3S. The fourth-order valence-corrected chi connectivity index (χ4v) is 2.37. The molecule has 0 atom stereocenters. The van der Waals surface area contributed by atoms with Gasteiger partial charge < -0.3 is 5.32 Å². The fourth-order valence-electron chi connectivity index (χ4n) is 1.30. The van der Waals surface area contributed by atoms with Crippen molar-refractivity contribution in [1.82, 2.24) is 5.32 Å². The Kier molecular flexibility index (Phi) is 6.02. The normalized spacial score (nSPS) is 16.6. The van der Waals surface area contributed by atoms with E-state index >= 15 is 0 Å². The lowest BCUT2D eigenvalue weighted by Gasteiger charge is -2.04. The second-order valence-corrected chi connectivity index (χ2v) is 5.21. The van der Waals surface area contributed by atoms with Gasteiger partial charge >= 0.3 is 0 Å². The Hall–Kier alpha value is -0.520. The standard InChI is InChI=1S/C11H12BrN3S.ClH/c1-13-10-7-16-11(15-10)14-6-8-2-4-9(12)5-3-8;/h2-5H,6-7H2,1H3,(H,13,14,15);1H. The van der Waals surface area contributed by atoms with Gasteiger partial charge in [0.05, 0.1) is 5.75 Å². The van der Waals surface area contributed by atoms with Crippen molar-refractivity contribution in [2.75, 3.05) is 12.8 Å². The van der Waals surface area contributed by atoms with Crippen LogP contribution >= 0.6 is 40.1 Å². The maximum Gasteiger partial charge on any atom is 0.163 e. The molecule has 0 amide bonds. The number of halogens is 2. The molecule has 0 spiro atoms. The highest BCUT2D eigenvalue weighted by Gasteiger charge is 2.11. The Morgan fingerprint density at radius 1 is 1.41 bits per heavy atom. The fraction of sp³-hybridized carbons (Fsp3) is 0.273. The van der Waals surface area contributed by atoms with Gasteiger partial charge in [0.25, 0.3) is 0 Å². The molecule has 1 heterocycles. The predicted molar refractivity (Wildman–Crippen MR) is 81.5 cm³/mol. The van der Waals surface area contributed by atoms with Gasteiger partial charge in [-0.1, -0.05) is 39.8 Å². The van der Waals surface area contributed by atoms with Crippen LogP contribution in [0.25, 0.3) is 0 Å². The Balaban J connectivity index is 0.00000144. The van der Waals surface area contributed by atoms with Crippen molar-refractivity contribution in [2.45, 2.75) is 6.54 Å². The van der Waals surface area contributed by atoms with Crippen molar-refractivity contribution < 1.29 is 0 Å². The summed E-state index contributed by atoms with van der Waals surface area (Å²) in [5.41, 5.74) is 1.24. The molecular weight excluding hydrogens is 322 g/mol. The predicted octanol–water partition coefficient (Wildman–Crippen LogP) is 3.09. The molecule has 0 aromatic heterocycles. The largest absolute Gasteiger partial charge is 0.360 e. The summed E-state index contributed by atoms with van der Waals surface area (Å²) >= 11 is 5.11. The number of nitrogens with one attached hydrogen (secondary N) is 1. The zero-order valence-corrected chi connectivity index (χ0v) is 12.5. The molecule has 0 saturated heterocycles. The molecule has 92 valence electrons. The van der Waals surface area contributed by atoms with Crippen molar-refractivity contribution in [2.24, 2.45) is 9.98 Å². The number of hydrogen-bond donors (Lipinski definition) is 1. The summed E-state index contributed by atoms with van der Waals surface area (Å²) in [5.74, 6) is 1.78. The maximum absolute atomic E-state index is 4.35. The molecule has 17 heavy (non-hydrogen) atoms. The van der Waals surface area contributed by atoms with Crippen LogP contribution in [0, 0.1) is 0 Å². The zero-order valence-electron chi connectivity index (χ0n) is 9.31. The minimum absolute atomic E-state index is 0. The van der Waals surface area contributed by atoms with Crippen molar-refractivity contribution >= 4 is 51.1 Å². The molecule has 3 nitrogen and oxygen atoms in total. The molecule has 1 aromatic carbocycles. The summed E-state index contributed by atoms with van der Waals surface area (Å²) in [6.45, 7) is 0.802. The van der Waals surface area contributed by atoms with E-state index in [4.69, 9.17) is 0 Å². The number of nitrogens with zero attached hydrogens (tertiary/aromatic N) is 2. The monoisotopic (exact) mass is 333 g/mol. The van der Waals surface area contributed by atoms with Gasteiger partial charge in [0, 0.05) is 18.1 Å². The van der Waals surface area contributed by atoms with Crippen LogP contribution in [0.3, 0.4) is 0 Å². The molecule has 2 rings (SSSR count). The first-order chi connectivity index (χ1) is 7.78. The van der Waals surface area contributed by atoms with Crippen LogP contribution in [-0.2, 0) is 6.54 Å². The molecule has 0 bridgehead atoms. The van der Waals surface area contributed by atoms with Gasteiger partial charge in [-0.15, -0.1) is 12.4 Å². The second kappa shape index (κ2) is 7.03. The molecule has 1 aliphatic rings. The highest BCUT2D eigenvalue weighted by Crippen LogP contribution is 2.14. The Morgan fingerprint density at radius 2 is 2.12 bits per heavy atom. The van der Waals surface area contributed by atoms with E-state index in [1.54, 1.807) is 18.8 Å². The number of hydrogen-bond acceptors (Lipinski definition) is 3. The number of benzene rings is 1. The van der Waals surface area contributed by atoms with E-state index in [0.29, 0.717) is 0 Å². The smallest absolute Gasteiger partial charge is 0.163 e. The molecule has 1 aromatic rings. The minimum Gasteiger partial charge on any atom is -0.360 e. The Morgan fingerprint density at radius 3 is 2.71 bits per heavy atom. The molecule has 0 radical (unpaired) electrons. The third kappa shape index (κ3) is 4.33. The van der Waals surface area contributed by atoms with E-state index in [2.05, 4.69) is 43.4 Å². The van der Waals surface area contributed by atoms with Gasteiger partial charge in [0.2, 0.25) is 0 Å². The highest BCUT2D eigenvalue weighted by molar-refractivity contribution is 9.10. The second-order valence-electron chi connectivity index (χ2n) is 3.33. The first-order valence-electron chi connectivity index (χ1n) is 4.93. The summed E-state index contributed by atoms with van der Waals surface area (Å²) in [6, 6.07) is 8.26. The van der Waals surface area contributed by atoms with E-state index in [1.165, 1.54) is 5.56 Å². The van der Waals surface area contributed by atoms with E-state index in [1.807, 2.05) is 12.1 Å². The Bertz CT molecular complexity index is 431. The molecule has 0 saturated carbocycles. The quantitative estimate of drug-likeness (QED) is 0.902. The van der Waals surface area contributed by atoms with Crippen LogP contribution in [0.4, 0.5) is 0 Å². The lowest BCUT2D eigenvalue weighted by molar-refractivity contribution is 0.929. The topological polar surface area (TPSA) is 36.8 Å². The van der Waals surface area contributed by atoms with Crippen LogP contribution in [0.1, 0.15) is 5.56 Å². The molecule has 0 unspecified atom stereocenters. The van der Waals surface area contributed by atoms with Crippen LogP contribution in [0.5, 0.6) is 0 Å². The number of thioether (sulfide) groups is 1. The lowest BCUT2D eigenvalue weighted by Crippen LogP contribution is -2.18. The maximum atomic E-state index is 4.35. The minimum atomic E-state index is 0. The van der Waals surface area contributed by atoms with Gasteiger partial charge in [-0.3, -0.25) is 4.99 Å². The van der Waals surface area contributed by atoms with Gasteiger partial charge in [-0.2, -0.15) is 0 Å². The van der Waals surface area contributed by atoms with Crippen LogP contribution in [0.2, 0.25) is 0 Å². The van der Waals surface area contributed by atoms with Crippen molar-refractivity contribution in [3.8, 4) is 0 Å². The van der Waals surface area contributed by atoms with Crippen LogP contribution in [-0.4, -0.2) is 23.8 Å². The van der Waals surface area contributed by atoms with E-state index in [9.17, 15) is 0 Å². The van der Waals surface area contributed by atoms with Gasteiger partial charge in [0.1, 0.15) is 5.84 Å². The SMILES string of the molecule is CN=C1CSC(NCc2ccc(Br)cc2)=N1.Cl. The summed E-state index contributed by atoms with van der Waals surface area (Å²) in [5, 5.41) is 4.26. The average Bonchev–Trinajstić information content (AvgIpc) is 2.76. The van der Waals surface area contributed by atoms with E-state index < -0.39 is 0 Å². The zero-order chi connectivity index (χ0) is 11.4. The third-order valence-corrected chi connectivity index (χ3v) is 3.62. The number of aliphatic imine (C=N–C) groups is 2. The number of rotatable bonds is 2. The van der Waals surface area contributed by atoms with Gasteiger partial charge in [-0.25, -0.2) is 4.99 Å². The summed E-state index contributed by atoms with van der Waals surface area (Å²) < 4.78 is 1.10. The van der Waals surface area contributed by atoms with Crippen molar-refractivity contribution in [1.29, 1.82) is 0 Å². The molecule has 1 aliphatic heterocycles. The van der Waals surface area contributed by atoms with Crippen molar-refractivity contribution in [3.05, 3.63) is 34.3 Å². The first kappa shape index (κ1) is 14.5.